The van der Waals surface area contributed by atoms with Gasteiger partial charge in [0.05, 0.1) is 10.6 Å². The van der Waals surface area contributed by atoms with E-state index in [0.29, 0.717) is 35.8 Å². The molecule has 0 aliphatic carbocycles. The number of pyridine rings is 1. The molecule has 2 unspecified atom stereocenters. The summed E-state index contributed by atoms with van der Waals surface area (Å²) in [6.07, 6.45) is 3.10. The second-order valence-corrected chi connectivity index (χ2v) is 4.94. The Morgan fingerprint density at radius 3 is 2.47 bits per heavy atom. The van der Waals surface area contributed by atoms with Crippen molar-refractivity contribution >= 4 is 42.3 Å². The van der Waals surface area contributed by atoms with Gasteiger partial charge in [0.1, 0.15) is 0 Å². The van der Waals surface area contributed by atoms with Gasteiger partial charge in [0.25, 0.3) is 5.91 Å². The van der Waals surface area contributed by atoms with E-state index in [1.54, 1.807) is 12.3 Å². The Balaban J connectivity index is 0.00000162. The summed E-state index contributed by atoms with van der Waals surface area (Å²) in [5, 5.41) is 3.80. The summed E-state index contributed by atoms with van der Waals surface area (Å²) in [4.78, 5) is 18.0. The molecule has 2 rings (SSSR count). The lowest BCUT2D eigenvalue weighted by Gasteiger charge is -2.36. The molecule has 1 fully saturated rings. The maximum absolute atomic E-state index is 12.3. The first-order valence-corrected chi connectivity index (χ1v) is 6.10. The van der Waals surface area contributed by atoms with E-state index < -0.39 is 0 Å². The zero-order valence-corrected chi connectivity index (χ0v) is 13.2. The zero-order chi connectivity index (χ0) is 12.4. The fourth-order valence-corrected chi connectivity index (χ4v) is 2.41. The summed E-state index contributed by atoms with van der Waals surface area (Å²) in [6.45, 7) is 5.57. The van der Waals surface area contributed by atoms with Crippen LogP contribution in [0.2, 0.25) is 5.02 Å². The fourth-order valence-electron chi connectivity index (χ4n) is 2.21. The van der Waals surface area contributed by atoms with Crippen LogP contribution in [0.15, 0.2) is 18.5 Å². The third-order valence-electron chi connectivity index (χ3n) is 2.85. The standard InChI is InChI=1S/C12H16ClN3O.2ClH/c1-8-6-16(7-9(2)15-8)12(17)10-3-4-14-5-11(10)13;;/h3-5,8-9,15H,6-7H2,1-2H3;2*1H. The molecule has 1 N–H and O–H groups in total. The number of nitrogens with zero attached hydrogens (tertiary/aromatic N) is 2. The molecule has 0 saturated carbocycles. The number of halogens is 3. The summed E-state index contributed by atoms with van der Waals surface area (Å²) in [6, 6.07) is 2.29. The molecule has 2 heterocycles. The molecular weight excluding hydrogens is 309 g/mol. The number of piperazine rings is 1. The highest BCUT2D eigenvalue weighted by Crippen LogP contribution is 2.17. The van der Waals surface area contributed by atoms with Crippen molar-refractivity contribution in [3.05, 3.63) is 29.0 Å². The maximum Gasteiger partial charge on any atom is 0.255 e. The number of rotatable bonds is 1. The Labute approximate surface area is 130 Å². The molecule has 7 heteroatoms. The van der Waals surface area contributed by atoms with Gasteiger partial charge in [0.2, 0.25) is 0 Å². The quantitative estimate of drug-likeness (QED) is 0.862. The predicted octanol–water partition coefficient (Wildman–Crippen LogP) is 2.40. The second kappa shape index (κ2) is 7.90. The van der Waals surface area contributed by atoms with Crippen molar-refractivity contribution in [2.45, 2.75) is 25.9 Å². The average Bonchev–Trinajstić information content (AvgIpc) is 2.27. The van der Waals surface area contributed by atoms with E-state index in [1.807, 2.05) is 4.90 Å². The topological polar surface area (TPSA) is 45.2 Å². The Morgan fingerprint density at radius 1 is 1.37 bits per heavy atom. The van der Waals surface area contributed by atoms with Gasteiger partial charge in [0.15, 0.2) is 0 Å². The van der Waals surface area contributed by atoms with E-state index >= 15 is 0 Å². The van der Waals surface area contributed by atoms with Crippen molar-refractivity contribution in [2.75, 3.05) is 13.1 Å². The first-order chi connectivity index (χ1) is 8.08. The van der Waals surface area contributed by atoms with Crippen molar-refractivity contribution < 1.29 is 4.79 Å². The predicted molar refractivity (Wildman–Crippen MR) is 81.7 cm³/mol. The molecule has 0 bridgehead atoms. The number of carbonyl (C=O) groups is 1. The van der Waals surface area contributed by atoms with Crippen LogP contribution < -0.4 is 5.32 Å². The molecule has 1 aliphatic rings. The van der Waals surface area contributed by atoms with Crippen LogP contribution in [-0.2, 0) is 0 Å². The van der Waals surface area contributed by atoms with Crippen molar-refractivity contribution in [3.63, 3.8) is 0 Å². The Morgan fingerprint density at radius 2 is 1.95 bits per heavy atom. The van der Waals surface area contributed by atoms with E-state index in [4.69, 9.17) is 11.6 Å². The largest absolute Gasteiger partial charge is 0.335 e. The highest BCUT2D eigenvalue weighted by molar-refractivity contribution is 6.33. The van der Waals surface area contributed by atoms with Crippen LogP contribution in [0.1, 0.15) is 24.2 Å². The minimum atomic E-state index is -0.0161. The summed E-state index contributed by atoms with van der Waals surface area (Å²) in [5.74, 6) is -0.0161. The van der Waals surface area contributed by atoms with Gasteiger partial charge in [-0.25, -0.2) is 0 Å². The van der Waals surface area contributed by atoms with Gasteiger partial charge < -0.3 is 10.2 Å². The molecule has 1 aromatic rings. The smallest absolute Gasteiger partial charge is 0.255 e. The van der Waals surface area contributed by atoms with Gasteiger partial charge in [-0.2, -0.15) is 0 Å². The third-order valence-corrected chi connectivity index (χ3v) is 3.15. The van der Waals surface area contributed by atoms with E-state index in [-0.39, 0.29) is 30.7 Å². The summed E-state index contributed by atoms with van der Waals surface area (Å²) < 4.78 is 0. The zero-order valence-electron chi connectivity index (χ0n) is 10.8. The molecule has 0 radical (unpaired) electrons. The summed E-state index contributed by atoms with van der Waals surface area (Å²) >= 11 is 5.99. The van der Waals surface area contributed by atoms with E-state index in [9.17, 15) is 4.79 Å². The number of nitrogens with one attached hydrogen (secondary N) is 1. The van der Waals surface area contributed by atoms with Crippen molar-refractivity contribution in [1.82, 2.24) is 15.2 Å². The monoisotopic (exact) mass is 325 g/mol. The molecule has 4 nitrogen and oxygen atoms in total. The van der Waals surface area contributed by atoms with Crippen LogP contribution in [0, 0.1) is 0 Å². The maximum atomic E-state index is 12.3. The van der Waals surface area contributed by atoms with Gasteiger partial charge in [-0.05, 0) is 19.9 Å². The summed E-state index contributed by atoms with van der Waals surface area (Å²) in [7, 11) is 0. The van der Waals surface area contributed by atoms with Gasteiger partial charge in [-0.1, -0.05) is 11.6 Å². The minimum Gasteiger partial charge on any atom is -0.335 e. The Kier molecular flexibility index (Phi) is 7.67. The van der Waals surface area contributed by atoms with Crippen LogP contribution in [0.3, 0.4) is 0 Å². The normalized spacial score (nSPS) is 22.2. The van der Waals surface area contributed by atoms with Crippen LogP contribution in [0.5, 0.6) is 0 Å². The number of hydrogen-bond donors (Lipinski definition) is 1. The number of aromatic nitrogens is 1. The molecule has 1 aromatic heterocycles. The van der Waals surface area contributed by atoms with E-state index in [1.165, 1.54) is 6.20 Å². The number of hydrogen-bond acceptors (Lipinski definition) is 3. The van der Waals surface area contributed by atoms with E-state index in [2.05, 4.69) is 24.1 Å². The molecule has 1 saturated heterocycles. The lowest BCUT2D eigenvalue weighted by molar-refractivity contribution is 0.0674. The van der Waals surface area contributed by atoms with Crippen molar-refractivity contribution in [1.29, 1.82) is 0 Å². The molecule has 0 spiro atoms. The molecule has 1 aliphatic heterocycles. The Hall–Kier alpha value is -0.550. The molecule has 19 heavy (non-hydrogen) atoms. The third kappa shape index (κ3) is 4.49. The van der Waals surface area contributed by atoms with E-state index in [0.717, 1.165) is 0 Å². The Bertz CT molecular complexity index is 420. The fraction of sp³-hybridized carbons (Fsp3) is 0.500. The molecule has 1 amide bonds. The summed E-state index contributed by atoms with van der Waals surface area (Å²) in [5.41, 5.74) is 0.531. The van der Waals surface area contributed by atoms with Crippen LogP contribution >= 0.6 is 36.4 Å². The van der Waals surface area contributed by atoms with Gasteiger partial charge in [0, 0.05) is 37.6 Å². The average molecular weight is 327 g/mol. The van der Waals surface area contributed by atoms with Crippen LogP contribution in [0.4, 0.5) is 0 Å². The van der Waals surface area contributed by atoms with Crippen molar-refractivity contribution in [2.24, 2.45) is 0 Å². The minimum absolute atomic E-state index is 0. The van der Waals surface area contributed by atoms with Crippen LogP contribution in [0.25, 0.3) is 0 Å². The molecule has 108 valence electrons. The molecular formula is C12H18Cl3N3O. The second-order valence-electron chi connectivity index (χ2n) is 4.53. The highest BCUT2D eigenvalue weighted by atomic mass is 35.5. The van der Waals surface area contributed by atoms with Gasteiger partial charge in [-0.15, -0.1) is 24.8 Å². The first kappa shape index (κ1) is 18.4. The van der Waals surface area contributed by atoms with Gasteiger partial charge in [-0.3, -0.25) is 9.78 Å². The highest BCUT2D eigenvalue weighted by Gasteiger charge is 2.26. The van der Waals surface area contributed by atoms with Gasteiger partial charge >= 0.3 is 0 Å². The lowest BCUT2D eigenvalue weighted by Crippen LogP contribution is -2.55. The number of amides is 1. The SMILES string of the molecule is CC1CN(C(=O)c2ccncc2Cl)CC(C)N1.Cl.Cl. The molecule has 0 aromatic carbocycles. The molecule has 2 atom stereocenters. The van der Waals surface area contributed by atoms with Crippen molar-refractivity contribution in [3.8, 4) is 0 Å². The van der Waals surface area contributed by atoms with Crippen LogP contribution in [-0.4, -0.2) is 41.0 Å². The first-order valence-electron chi connectivity index (χ1n) is 5.72. The number of carbonyl (C=O) groups excluding carboxylic acids is 1. The lowest BCUT2D eigenvalue weighted by atomic mass is 10.1.